The lowest BCUT2D eigenvalue weighted by Crippen LogP contribution is -2.31. The molecule has 0 heterocycles. The second-order valence-corrected chi connectivity index (χ2v) is 7.86. The smallest absolute Gasteiger partial charge is 0.252 e. The van der Waals surface area contributed by atoms with Crippen molar-refractivity contribution in [2.24, 2.45) is 11.7 Å². The zero-order chi connectivity index (χ0) is 18.6. The standard InChI is InChI=1S/C20H31N3O2S.ClH/c21-12-6-7-13-22-20(25)17-10-4-5-11-18(17)26-15-19(24)23-14-16-8-2-1-3-9-16;/h4-5,10-11,16H,1-3,6-9,12-15,21H2,(H,22,25)(H,23,24);1H. The molecule has 0 atom stereocenters. The van der Waals surface area contributed by atoms with E-state index >= 15 is 0 Å². The first-order valence-corrected chi connectivity index (χ1v) is 10.7. The van der Waals surface area contributed by atoms with Crippen LogP contribution in [0.2, 0.25) is 0 Å². The summed E-state index contributed by atoms with van der Waals surface area (Å²) in [6, 6.07) is 7.45. The minimum absolute atomic E-state index is 0. The number of carbonyl (C=O) groups excluding carboxylic acids is 2. The summed E-state index contributed by atoms with van der Waals surface area (Å²) in [5.41, 5.74) is 6.10. The number of amides is 2. The molecule has 0 spiro atoms. The monoisotopic (exact) mass is 413 g/mol. The van der Waals surface area contributed by atoms with E-state index in [1.807, 2.05) is 18.2 Å². The van der Waals surface area contributed by atoms with E-state index in [-0.39, 0.29) is 24.2 Å². The molecule has 1 fully saturated rings. The highest BCUT2D eigenvalue weighted by Crippen LogP contribution is 2.24. The molecule has 1 saturated carbocycles. The highest BCUT2D eigenvalue weighted by atomic mass is 35.5. The Morgan fingerprint density at radius 3 is 2.56 bits per heavy atom. The summed E-state index contributed by atoms with van der Waals surface area (Å²) < 4.78 is 0. The van der Waals surface area contributed by atoms with Gasteiger partial charge in [-0.3, -0.25) is 9.59 Å². The van der Waals surface area contributed by atoms with Crippen LogP contribution in [0.5, 0.6) is 0 Å². The Morgan fingerprint density at radius 2 is 1.81 bits per heavy atom. The van der Waals surface area contributed by atoms with E-state index in [1.54, 1.807) is 6.07 Å². The number of hydrogen-bond donors (Lipinski definition) is 3. The van der Waals surface area contributed by atoms with Crippen molar-refractivity contribution in [1.82, 2.24) is 10.6 Å². The molecule has 27 heavy (non-hydrogen) atoms. The Morgan fingerprint density at radius 1 is 1.07 bits per heavy atom. The molecule has 0 aromatic heterocycles. The molecule has 7 heteroatoms. The Labute approximate surface area is 173 Å². The van der Waals surface area contributed by atoms with Crippen molar-refractivity contribution >= 4 is 36.0 Å². The topological polar surface area (TPSA) is 84.2 Å². The first-order chi connectivity index (χ1) is 12.7. The number of nitrogens with one attached hydrogen (secondary N) is 2. The van der Waals surface area contributed by atoms with Gasteiger partial charge >= 0.3 is 0 Å². The van der Waals surface area contributed by atoms with Crippen LogP contribution in [0.3, 0.4) is 0 Å². The van der Waals surface area contributed by atoms with Gasteiger partial charge in [0.1, 0.15) is 0 Å². The zero-order valence-corrected chi connectivity index (χ0v) is 17.5. The SMILES string of the molecule is Cl.NCCCCNC(=O)c1ccccc1SCC(=O)NCC1CCCCC1. The predicted molar refractivity (Wildman–Crippen MR) is 115 cm³/mol. The molecule has 152 valence electrons. The highest BCUT2D eigenvalue weighted by molar-refractivity contribution is 8.00. The third-order valence-corrected chi connectivity index (χ3v) is 5.79. The van der Waals surface area contributed by atoms with E-state index < -0.39 is 0 Å². The Balaban J connectivity index is 0.00000364. The summed E-state index contributed by atoms with van der Waals surface area (Å²) >= 11 is 1.42. The van der Waals surface area contributed by atoms with Crippen LogP contribution in [0, 0.1) is 5.92 Å². The van der Waals surface area contributed by atoms with Crippen LogP contribution in [-0.4, -0.2) is 37.2 Å². The molecule has 0 bridgehead atoms. The number of carbonyl (C=O) groups is 2. The summed E-state index contributed by atoms with van der Waals surface area (Å²) in [6.07, 6.45) is 8.11. The third-order valence-electron chi connectivity index (χ3n) is 4.72. The van der Waals surface area contributed by atoms with Crippen LogP contribution in [0.15, 0.2) is 29.2 Å². The first kappa shape index (κ1) is 23.8. The van der Waals surface area contributed by atoms with Crippen LogP contribution in [0.4, 0.5) is 0 Å². The highest BCUT2D eigenvalue weighted by Gasteiger charge is 2.15. The summed E-state index contributed by atoms with van der Waals surface area (Å²) in [7, 11) is 0. The number of rotatable bonds is 10. The van der Waals surface area contributed by atoms with Crippen molar-refractivity contribution in [1.29, 1.82) is 0 Å². The predicted octanol–water partition coefficient (Wildman–Crippen LogP) is 3.37. The summed E-state index contributed by atoms with van der Waals surface area (Å²) in [6.45, 7) is 2.04. The number of nitrogens with two attached hydrogens (primary N) is 1. The molecule has 1 aromatic rings. The quantitative estimate of drug-likeness (QED) is 0.405. The maximum absolute atomic E-state index is 12.3. The van der Waals surface area contributed by atoms with Crippen LogP contribution in [0.1, 0.15) is 55.3 Å². The van der Waals surface area contributed by atoms with Gasteiger partial charge in [0, 0.05) is 18.0 Å². The Bertz CT molecular complexity index is 580. The van der Waals surface area contributed by atoms with E-state index in [4.69, 9.17) is 5.73 Å². The fourth-order valence-electron chi connectivity index (χ4n) is 3.19. The van der Waals surface area contributed by atoms with E-state index in [1.165, 1.54) is 43.9 Å². The Hall–Kier alpha value is -1.24. The molecule has 5 nitrogen and oxygen atoms in total. The molecule has 0 radical (unpaired) electrons. The number of hydrogen-bond acceptors (Lipinski definition) is 4. The minimum Gasteiger partial charge on any atom is -0.355 e. The number of halogens is 1. The van der Waals surface area contributed by atoms with Gasteiger partial charge in [0.15, 0.2) is 0 Å². The maximum Gasteiger partial charge on any atom is 0.252 e. The zero-order valence-electron chi connectivity index (χ0n) is 15.9. The lowest BCUT2D eigenvalue weighted by atomic mass is 9.89. The molecule has 0 saturated heterocycles. The van der Waals surface area contributed by atoms with Gasteiger partial charge in [-0.15, -0.1) is 24.2 Å². The molecule has 4 N–H and O–H groups in total. The average Bonchev–Trinajstić information content (AvgIpc) is 2.69. The number of thioether (sulfide) groups is 1. The first-order valence-electron chi connectivity index (χ1n) is 9.67. The van der Waals surface area contributed by atoms with Gasteiger partial charge < -0.3 is 16.4 Å². The fraction of sp³-hybridized carbons (Fsp3) is 0.600. The molecular formula is C20H32ClN3O2S. The summed E-state index contributed by atoms with van der Waals surface area (Å²) in [5, 5.41) is 5.97. The van der Waals surface area contributed by atoms with Crippen LogP contribution in [0.25, 0.3) is 0 Å². The maximum atomic E-state index is 12.3. The van der Waals surface area contributed by atoms with Crippen molar-refractivity contribution < 1.29 is 9.59 Å². The van der Waals surface area contributed by atoms with Gasteiger partial charge in [-0.05, 0) is 50.3 Å². The van der Waals surface area contributed by atoms with Crippen LogP contribution < -0.4 is 16.4 Å². The van der Waals surface area contributed by atoms with Crippen LogP contribution >= 0.6 is 24.2 Å². The minimum atomic E-state index is -0.0901. The van der Waals surface area contributed by atoms with Crippen molar-refractivity contribution in [2.75, 3.05) is 25.4 Å². The largest absolute Gasteiger partial charge is 0.355 e. The van der Waals surface area contributed by atoms with Crippen molar-refractivity contribution in [3.05, 3.63) is 29.8 Å². The van der Waals surface area contributed by atoms with Gasteiger partial charge in [-0.2, -0.15) is 0 Å². The van der Waals surface area contributed by atoms with Gasteiger partial charge in [0.25, 0.3) is 5.91 Å². The molecule has 2 rings (SSSR count). The van der Waals surface area contributed by atoms with Gasteiger partial charge in [0.05, 0.1) is 11.3 Å². The van der Waals surface area contributed by atoms with Crippen molar-refractivity contribution in [3.63, 3.8) is 0 Å². The van der Waals surface area contributed by atoms with Crippen molar-refractivity contribution in [3.8, 4) is 0 Å². The molecule has 0 aliphatic heterocycles. The fourth-order valence-corrected chi connectivity index (χ4v) is 4.07. The lowest BCUT2D eigenvalue weighted by Gasteiger charge is -2.21. The third kappa shape index (κ3) is 9.00. The van der Waals surface area contributed by atoms with Gasteiger partial charge in [-0.1, -0.05) is 31.4 Å². The molecule has 2 amide bonds. The molecule has 1 aliphatic carbocycles. The summed E-state index contributed by atoms with van der Waals surface area (Å²) in [4.78, 5) is 25.3. The van der Waals surface area contributed by atoms with E-state index in [0.717, 1.165) is 24.3 Å². The van der Waals surface area contributed by atoms with E-state index in [0.29, 0.717) is 30.3 Å². The number of benzene rings is 1. The summed E-state index contributed by atoms with van der Waals surface area (Å²) in [5.74, 6) is 0.917. The number of unbranched alkanes of at least 4 members (excludes halogenated alkanes) is 1. The van der Waals surface area contributed by atoms with Crippen LogP contribution in [-0.2, 0) is 4.79 Å². The van der Waals surface area contributed by atoms with Crippen molar-refractivity contribution in [2.45, 2.75) is 49.8 Å². The molecule has 1 aliphatic rings. The Kier molecular flexibility index (Phi) is 12.2. The average molecular weight is 414 g/mol. The lowest BCUT2D eigenvalue weighted by molar-refractivity contribution is -0.118. The van der Waals surface area contributed by atoms with Gasteiger partial charge in [-0.25, -0.2) is 0 Å². The second-order valence-electron chi connectivity index (χ2n) is 6.84. The molecule has 1 aromatic carbocycles. The second kappa shape index (κ2) is 13.9. The molecule has 0 unspecified atom stereocenters. The molecular weight excluding hydrogens is 382 g/mol. The normalized spacial score (nSPS) is 14.3. The van der Waals surface area contributed by atoms with Gasteiger partial charge in [0.2, 0.25) is 5.91 Å². The van der Waals surface area contributed by atoms with E-state index in [9.17, 15) is 9.59 Å². The van der Waals surface area contributed by atoms with E-state index in [2.05, 4.69) is 10.6 Å².